The van der Waals surface area contributed by atoms with E-state index in [-0.39, 0.29) is 5.97 Å². The molecule has 2 heterocycles. The summed E-state index contributed by atoms with van der Waals surface area (Å²) in [5.74, 6) is 1.56. The lowest BCUT2D eigenvalue weighted by atomic mass is 10.0. The summed E-state index contributed by atoms with van der Waals surface area (Å²) in [4.78, 5) is 18.3. The first kappa shape index (κ1) is 25.0. The highest BCUT2D eigenvalue weighted by atomic mass is 16.5. The molecule has 7 nitrogen and oxygen atoms in total. The van der Waals surface area contributed by atoms with Crippen LogP contribution in [0.2, 0.25) is 0 Å². The molecule has 0 atom stereocenters. The van der Waals surface area contributed by atoms with Gasteiger partial charge in [-0.2, -0.15) is 5.10 Å². The molecule has 0 aliphatic carbocycles. The van der Waals surface area contributed by atoms with Crippen LogP contribution in [0, 0.1) is 0 Å². The number of nitrogens with zero attached hydrogens (tertiary/aromatic N) is 4. The Bertz CT molecular complexity index is 1220. The molecule has 0 fully saturated rings. The van der Waals surface area contributed by atoms with Crippen molar-refractivity contribution in [1.29, 1.82) is 0 Å². The monoisotopic (exact) mass is 484 g/mol. The van der Waals surface area contributed by atoms with Gasteiger partial charge in [0.2, 0.25) is 0 Å². The van der Waals surface area contributed by atoms with Gasteiger partial charge in [0, 0.05) is 31.4 Å². The number of carbonyl (C=O) groups is 1. The van der Waals surface area contributed by atoms with Crippen molar-refractivity contribution in [2.45, 2.75) is 26.3 Å². The largest absolute Gasteiger partial charge is 0.492 e. The normalized spacial score (nSPS) is 10.7. The van der Waals surface area contributed by atoms with E-state index < -0.39 is 0 Å². The maximum atomic E-state index is 11.9. The molecular formula is C29H32N4O3. The first-order valence-electron chi connectivity index (χ1n) is 12.2. The van der Waals surface area contributed by atoms with E-state index in [4.69, 9.17) is 14.6 Å². The molecule has 0 N–H and O–H groups in total. The lowest BCUT2D eigenvalue weighted by molar-refractivity contribution is -0.143. The van der Waals surface area contributed by atoms with Crippen LogP contribution in [0.3, 0.4) is 0 Å². The Balaban J connectivity index is 1.37. The standard InChI is InChI=1S/C29H32N4O3/c1-3-35-28(34)17-14-25-22-33(31-29(25)24-9-5-4-6-10-24)21-23-12-15-26(16-13-23)36-20-19-32(2)27-11-7-8-18-30-27/h4-13,15-16,18,22H,3,14,17,19-21H2,1-2H3. The van der Waals surface area contributed by atoms with Gasteiger partial charge in [-0.1, -0.05) is 48.5 Å². The van der Waals surface area contributed by atoms with E-state index in [1.54, 1.807) is 6.20 Å². The fraction of sp³-hybridized carbons (Fsp3) is 0.276. The zero-order chi connectivity index (χ0) is 25.2. The Morgan fingerprint density at radius 3 is 2.50 bits per heavy atom. The van der Waals surface area contributed by atoms with Gasteiger partial charge in [-0.15, -0.1) is 0 Å². The summed E-state index contributed by atoms with van der Waals surface area (Å²) in [5.41, 5.74) is 4.09. The van der Waals surface area contributed by atoms with Crippen LogP contribution in [0.5, 0.6) is 5.75 Å². The van der Waals surface area contributed by atoms with Crippen molar-refractivity contribution in [3.8, 4) is 17.0 Å². The summed E-state index contributed by atoms with van der Waals surface area (Å²) in [5, 5.41) is 4.84. The van der Waals surface area contributed by atoms with E-state index in [0.29, 0.717) is 32.6 Å². The molecule has 0 aliphatic rings. The van der Waals surface area contributed by atoms with E-state index >= 15 is 0 Å². The minimum Gasteiger partial charge on any atom is -0.492 e. The van der Waals surface area contributed by atoms with E-state index in [1.807, 2.05) is 85.5 Å². The second kappa shape index (κ2) is 12.5. The van der Waals surface area contributed by atoms with Gasteiger partial charge in [0.25, 0.3) is 0 Å². The highest BCUT2D eigenvalue weighted by molar-refractivity contribution is 5.70. The van der Waals surface area contributed by atoms with Crippen LogP contribution in [-0.2, 0) is 22.5 Å². The van der Waals surface area contributed by atoms with Gasteiger partial charge in [-0.25, -0.2) is 4.98 Å². The topological polar surface area (TPSA) is 69.5 Å². The molecule has 4 rings (SSSR count). The smallest absolute Gasteiger partial charge is 0.306 e. The Morgan fingerprint density at radius 2 is 1.78 bits per heavy atom. The number of likely N-dealkylation sites (N-methyl/N-ethyl adjacent to an activating group) is 1. The van der Waals surface area contributed by atoms with Crippen molar-refractivity contribution in [2.24, 2.45) is 0 Å². The maximum Gasteiger partial charge on any atom is 0.306 e. The predicted molar refractivity (Wildman–Crippen MR) is 141 cm³/mol. The average Bonchev–Trinajstić information content (AvgIpc) is 3.32. The van der Waals surface area contributed by atoms with E-state index in [9.17, 15) is 4.79 Å². The van der Waals surface area contributed by atoms with E-state index in [1.165, 1.54) is 0 Å². The summed E-state index contributed by atoms with van der Waals surface area (Å²) in [7, 11) is 2.00. The van der Waals surface area contributed by atoms with Crippen molar-refractivity contribution in [3.05, 3.63) is 96.3 Å². The molecule has 4 aromatic rings. The number of aromatic nitrogens is 3. The van der Waals surface area contributed by atoms with Crippen LogP contribution in [0.4, 0.5) is 5.82 Å². The number of benzene rings is 2. The van der Waals surface area contributed by atoms with Crippen molar-refractivity contribution in [3.63, 3.8) is 0 Å². The minimum absolute atomic E-state index is 0.189. The molecule has 0 radical (unpaired) electrons. The van der Waals surface area contributed by atoms with Crippen LogP contribution >= 0.6 is 0 Å². The Kier molecular flexibility index (Phi) is 8.70. The summed E-state index contributed by atoms with van der Waals surface area (Å²) >= 11 is 0. The number of ether oxygens (including phenoxy) is 2. The quantitative estimate of drug-likeness (QED) is 0.264. The van der Waals surface area contributed by atoms with Gasteiger partial charge >= 0.3 is 5.97 Å². The molecule has 36 heavy (non-hydrogen) atoms. The third-order valence-corrected chi connectivity index (χ3v) is 5.79. The highest BCUT2D eigenvalue weighted by Crippen LogP contribution is 2.24. The van der Waals surface area contributed by atoms with Gasteiger partial charge in [0.1, 0.15) is 18.2 Å². The molecule has 2 aromatic heterocycles. The summed E-state index contributed by atoms with van der Waals surface area (Å²) in [6.45, 7) is 4.15. The average molecular weight is 485 g/mol. The number of hydrogen-bond acceptors (Lipinski definition) is 6. The first-order chi connectivity index (χ1) is 17.6. The Hall–Kier alpha value is -4.13. The van der Waals surface area contributed by atoms with Gasteiger partial charge in [-0.3, -0.25) is 9.48 Å². The van der Waals surface area contributed by atoms with Crippen molar-refractivity contribution >= 4 is 11.8 Å². The molecule has 0 spiro atoms. The second-order valence-corrected chi connectivity index (χ2v) is 8.47. The third kappa shape index (κ3) is 6.95. The van der Waals surface area contributed by atoms with Crippen molar-refractivity contribution < 1.29 is 14.3 Å². The van der Waals surface area contributed by atoms with Crippen LogP contribution in [0.25, 0.3) is 11.3 Å². The molecule has 7 heteroatoms. The Labute approximate surface area is 212 Å². The molecule has 0 saturated heterocycles. The lowest BCUT2D eigenvalue weighted by Crippen LogP contribution is -2.24. The first-order valence-corrected chi connectivity index (χ1v) is 12.2. The predicted octanol–water partition coefficient (Wildman–Crippen LogP) is 5.00. The SMILES string of the molecule is CCOC(=O)CCc1cn(Cc2ccc(OCCN(C)c3ccccn3)cc2)nc1-c1ccccc1. The third-order valence-electron chi connectivity index (χ3n) is 5.79. The fourth-order valence-electron chi connectivity index (χ4n) is 3.91. The fourth-order valence-corrected chi connectivity index (χ4v) is 3.91. The molecule has 0 saturated carbocycles. The number of anilines is 1. The van der Waals surface area contributed by atoms with Crippen LogP contribution in [-0.4, -0.2) is 47.5 Å². The maximum absolute atomic E-state index is 11.9. The number of aryl methyl sites for hydroxylation is 1. The summed E-state index contributed by atoms with van der Waals surface area (Å²) in [6, 6.07) is 24.0. The lowest BCUT2D eigenvalue weighted by Gasteiger charge is -2.18. The van der Waals surface area contributed by atoms with Crippen LogP contribution in [0.1, 0.15) is 24.5 Å². The number of hydrogen-bond donors (Lipinski definition) is 0. The molecule has 0 amide bonds. The van der Waals surface area contributed by atoms with E-state index in [0.717, 1.165) is 40.5 Å². The number of esters is 1. The number of rotatable bonds is 12. The zero-order valence-electron chi connectivity index (χ0n) is 20.8. The van der Waals surface area contributed by atoms with Gasteiger partial charge in [0.15, 0.2) is 0 Å². The number of pyridine rings is 1. The molecule has 2 aromatic carbocycles. The van der Waals surface area contributed by atoms with Crippen molar-refractivity contribution in [2.75, 3.05) is 31.7 Å². The van der Waals surface area contributed by atoms with Crippen molar-refractivity contribution in [1.82, 2.24) is 14.8 Å². The van der Waals surface area contributed by atoms with Gasteiger partial charge < -0.3 is 14.4 Å². The Morgan fingerprint density at radius 1 is 1.00 bits per heavy atom. The van der Waals surface area contributed by atoms with Gasteiger partial charge in [0.05, 0.1) is 25.4 Å². The minimum atomic E-state index is -0.189. The molecule has 0 aliphatic heterocycles. The summed E-state index contributed by atoms with van der Waals surface area (Å²) in [6.07, 6.45) is 4.74. The van der Waals surface area contributed by atoms with Crippen LogP contribution < -0.4 is 9.64 Å². The zero-order valence-corrected chi connectivity index (χ0v) is 20.8. The second-order valence-electron chi connectivity index (χ2n) is 8.47. The van der Waals surface area contributed by atoms with Crippen LogP contribution in [0.15, 0.2) is 85.2 Å². The molecule has 0 unspecified atom stereocenters. The summed E-state index contributed by atoms with van der Waals surface area (Å²) < 4.78 is 13.0. The van der Waals surface area contributed by atoms with Gasteiger partial charge in [-0.05, 0) is 48.7 Å². The number of carbonyl (C=O) groups excluding carboxylic acids is 1. The molecular weight excluding hydrogens is 452 g/mol. The molecule has 186 valence electrons. The van der Waals surface area contributed by atoms with E-state index in [2.05, 4.69) is 22.0 Å². The highest BCUT2D eigenvalue weighted by Gasteiger charge is 2.14. The molecule has 0 bridgehead atoms.